The molecule has 2 aliphatic rings. The monoisotopic (exact) mass is 658 g/mol. The van der Waals surface area contributed by atoms with Crippen LogP contribution >= 0.6 is 0 Å². The smallest absolute Gasteiger partial charge is 0.430 e. The topological polar surface area (TPSA) is 97.3 Å². The molecule has 2 aromatic carbocycles. The summed E-state index contributed by atoms with van der Waals surface area (Å²) in [6, 6.07) is 5.82. The molecule has 0 bridgehead atoms. The van der Waals surface area contributed by atoms with Gasteiger partial charge in [-0.2, -0.15) is 26.3 Å². The van der Waals surface area contributed by atoms with Gasteiger partial charge in [0.25, 0.3) is 11.5 Å². The number of amides is 3. The molecule has 3 amide bonds. The Morgan fingerprint density at radius 2 is 1.50 bits per heavy atom. The number of urea groups is 1. The first-order valence-electron chi connectivity index (χ1n) is 15.0. The van der Waals surface area contributed by atoms with Gasteiger partial charge >= 0.3 is 18.4 Å². The van der Waals surface area contributed by atoms with Gasteiger partial charge in [0.15, 0.2) is 11.5 Å². The van der Waals surface area contributed by atoms with Crippen LogP contribution < -0.4 is 19.5 Å². The average Bonchev–Trinajstić information content (AvgIpc) is 3.25. The molecule has 252 valence electrons. The fourth-order valence-electron chi connectivity index (χ4n) is 5.67. The number of hydrogen-bond donors (Lipinski definition) is 2. The molecular weight excluding hydrogens is 622 g/mol. The van der Waals surface area contributed by atoms with Crippen LogP contribution in [-0.4, -0.2) is 60.7 Å². The predicted octanol–water partition coefficient (Wildman–Crippen LogP) is 6.47. The molecule has 0 saturated carbocycles. The molecule has 2 N–H and O–H groups in total. The van der Waals surface area contributed by atoms with Crippen LogP contribution in [0.15, 0.2) is 42.5 Å². The third-order valence-corrected chi connectivity index (χ3v) is 8.04. The van der Waals surface area contributed by atoms with Gasteiger partial charge in [-0.25, -0.2) is 4.79 Å². The number of halogens is 6. The summed E-state index contributed by atoms with van der Waals surface area (Å²) in [6.07, 6.45) is -7.81. The molecule has 2 heterocycles. The summed E-state index contributed by atoms with van der Waals surface area (Å²) in [5, 5.41) is 12.8. The van der Waals surface area contributed by atoms with Gasteiger partial charge in [0.2, 0.25) is 0 Å². The van der Waals surface area contributed by atoms with Gasteiger partial charge in [-0.1, -0.05) is 45.8 Å². The highest BCUT2D eigenvalue weighted by Gasteiger charge is 2.71. The van der Waals surface area contributed by atoms with E-state index >= 15 is 0 Å². The SMILES string of the molecule is CCCc1cc(C(O)(C(F)(F)F)C(F)(F)F)cc(CCC)c1OC/C=C\CN1C(=O)NC(CC)(c2ccc3c(c2)OCCO3)C1=O. The molecule has 0 aliphatic carbocycles. The second kappa shape index (κ2) is 13.4. The quantitative estimate of drug-likeness (QED) is 0.154. The summed E-state index contributed by atoms with van der Waals surface area (Å²) in [5.74, 6) is 0.652. The molecule has 1 unspecified atom stereocenters. The van der Waals surface area contributed by atoms with Crippen molar-refractivity contribution in [2.24, 2.45) is 0 Å². The largest absolute Gasteiger partial charge is 0.489 e. The van der Waals surface area contributed by atoms with Gasteiger partial charge in [-0.15, -0.1) is 0 Å². The molecule has 8 nitrogen and oxygen atoms in total. The molecule has 1 fully saturated rings. The van der Waals surface area contributed by atoms with Crippen molar-refractivity contribution in [2.45, 2.75) is 76.4 Å². The zero-order chi connectivity index (χ0) is 33.9. The van der Waals surface area contributed by atoms with E-state index in [1.807, 2.05) is 0 Å². The number of aryl methyl sites for hydroxylation is 2. The van der Waals surface area contributed by atoms with Crippen molar-refractivity contribution in [2.75, 3.05) is 26.4 Å². The number of nitrogens with zero attached hydrogens (tertiary/aromatic N) is 1. The highest BCUT2D eigenvalue weighted by Crippen LogP contribution is 2.51. The van der Waals surface area contributed by atoms with Gasteiger partial charge in [0.1, 0.15) is 31.1 Å². The fraction of sp³-hybridized carbons (Fsp3) is 0.500. The van der Waals surface area contributed by atoms with Crippen molar-refractivity contribution in [3.05, 3.63) is 64.7 Å². The van der Waals surface area contributed by atoms with Gasteiger partial charge in [-0.3, -0.25) is 9.69 Å². The minimum absolute atomic E-state index is 0.0880. The number of rotatable bonds is 12. The van der Waals surface area contributed by atoms with Crippen LogP contribution in [0.4, 0.5) is 31.1 Å². The highest BCUT2D eigenvalue weighted by molar-refractivity contribution is 6.07. The van der Waals surface area contributed by atoms with Crippen LogP contribution in [0.25, 0.3) is 0 Å². The van der Waals surface area contributed by atoms with Crippen LogP contribution in [0, 0.1) is 0 Å². The van der Waals surface area contributed by atoms with Gasteiger partial charge in [0, 0.05) is 12.1 Å². The van der Waals surface area contributed by atoms with Crippen molar-refractivity contribution >= 4 is 11.9 Å². The van der Waals surface area contributed by atoms with Crippen molar-refractivity contribution in [3.63, 3.8) is 0 Å². The third kappa shape index (κ3) is 6.36. The van der Waals surface area contributed by atoms with Gasteiger partial charge in [-0.05, 0) is 66.3 Å². The summed E-state index contributed by atoms with van der Waals surface area (Å²) in [4.78, 5) is 27.5. The molecular formula is C32H36F6N2O6. The molecule has 2 aromatic rings. The lowest BCUT2D eigenvalue weighted by Gasteiger charge is -2.33. The second-order valence-electron chi connectivity index (χ2n) is 11.1. The number of alkyl halides is 6. The Bertz CT molecular complexity index is 1430. The number of benzene rings is 2. The van der Waals surface area contributed by atoms with E-state index in [9.17, 15) is 41.0 Å². The average molecular weight is 659 g/mol. The minimum atomic E-state index is -6.01. The maximum absolute atomic E-state index is 13.6. The number of carbonyl (C=O) groups excluding carboxylic acids is 2. The maximum Gasteiger partial charge on any atom is 0.430 e. The van der Waals surface area contributed by atoms with E-state index in [-0.39, 0.29) is 49.3 Å². The molecule has 2 aliphatic heterocycles. The van der Waals surface area contributed by atoms with E-state index in [1.165, 1.54) is 12.2 Å². The number of imide groups is 1. The molecule has 1 atom stereocenters. The first-order valence-corrected chi connectivity index (χ1v) is 15.0. The van der Waals surface area contributed by atoms with Gasteiger partial charge < -0.3 is 24.6 Å². The van der Waals surface area contributed by atoms with Crippen molar-refractivity contribution < 1.29 is 55.2 Å². The summed E-state index contributed by atoms with van der Waals surface area (Å²) < 4.78 is 98.9. The van der Waals surface area contributed by atoms with E-state index in [0.717, 1.165) is 4.90 Å². The molecule has 14 heteroatoms. The van der Waals surface area contributed by atoms with E-state index in [4.69, 9.17) is 14.2 Å². The Labute approximate surface area is 262 Å². The number of aliphatic hydroxyl groups is 1. The summed E-state index contributed by atoms with van der Waals surface area (Å²) in [6.45, 7) is 5.65. The minimum Gasteiger partial charge on any atom is -0.489 e. The lowest BCUT2D eigenvalue weighted by Crippen LogP contribution is -2.54. The first-order chi connectivity index (χ1) is 21.6. The number of ether oxygens (including phenoxy) is 3. The lowest BCUT2D eigenvalue weighted by atomic mass is 9.87. The Hall–Kier alpha value is -3.94. The Kier molecular flexibility index (Phi) is 10.2. The maximum atomic E-state index is 13.6. The Balaban J connectivity index is 1.53. The molecule has 0 spiro atoms. The van der Waals surface area contributed by atoms with Crippen LogP contribution in [-0.2, 0) is 28.8 Å². The zero-order valence-corrected chi connectivity index (χ0v) is 25.6. The summed E-state index contributed by atoms with van der Waals surface area (Å²) in [7, 11) is 0. The van der Waals surface area contributed by atoms with Crippen molar-refractivity contribution in [1.29, 1.82) is 0 Å². The number of hydrogen-bond acceptors (Lipinski definition) is 6. The number of nitrogens with one attached hydrogen (secondary N) is 1. The van der Waals surface area contributed by atoms with E-state index in [2.05, 4.69) is 5.32 Å². The second-order valence-corrected chi connectivity index (χ2v) is 11.1. The first kappa shape index (κ1) is 34.9. The van der Waals surface area contributed by atoms with Crippen molar-refractivity contribution in [1.82, 2.24) is 10.2 Å². The van der Waals surface area contributed by atoms with Crippen LogP contribution in [0.1, 0.15) is 62.3 Å². The summed E-state index contributed by atoms with van der Waals surface area (Å²) in [5.41, 5.74) is -6.99. The summed E-state index contributed by atoms with van der Waals surface area (Å²) >= 11 is 0. The van der Waals surface area contributed by atoms with E-state index in [1.54, 1.807) is 39.0 Å². The van der Waals surface area contributed by atoms with Gasteiger partial charge in [0.05, 0.1) is 0 Å². The predicted molar refractivity (Wildman–Crippen MR) is 155 cm³/mol. The Morgan fingerprint density at radius 1 is 0.913 bits per heavy atom. The zero-order valence-electron chi connectivity index (χ0n) is 25.6. The molecule has 0 aromatic heterocycles. The van der Waals surface area contributed by atoms with E-state index < -0.39 is 41.0 Å². The fourth-order valence-corrected chi connectivity index (χ4v) is 5.67. The van der Waals surface area contributed by atoms with Crippen LogP contribution in [0.3, 0.4) is 0 Å². The van der Waals surface area contributed by atoms with Crippen LogP contribution in [0.2, 0.25) is 0 Å². The molecule has 4 rings (SSSR count). The standard InChI is InChI=1S/C32H36F6N2O6/c1-4-9-20-17-23(30(43,31(33,34)35)32(36,37)38)18-21(10-5-2)26(20)46-14-8-7-13-40-27(41)29(6-3,39-28(40)42)22-11-12-24-25(19-22)45-16-15-44-24/h7-8,11-12,17-19,43H,4-6,9-10,13-16H2,1-3H3,(H,39,42)/b8-7-. The normalized spacial score (nSPS) is 18.8. The number of fused-ring (bicyclic) bond motifs is 1. The number of carbonyl (C=O) groups is 2. The van der Waals surface area contributed by atoms with Crippen LogP contribution in [0.5, 0.6) is 17.2 Å². The third-order valence-electron chi connectivity index (χ3n) is 8.04. The van der Waals surface area contributed by atoms with Crippen molar-refractivity contribution in [3.8, 4) is 17.2 Å². The molecule has 0 radical (unpaired) electrons. The van der Waals surface area contributed by atoms with E-state index in [0.29, 0.717) is 55.3 Å². The Morgan fingerprint density at radius 3 is 2.04 bits per heavy atom. The molecule has 1 saturated heterocycles. The molecule has 46 heavy (non-hydrogen) atoms. The lowest BCUT2D eigenvalue weighted by molar-refractivity contribution is -0.376. The highest BCUT2D eigenvalue weighted by atomic mass is 19.4.